The molecule has 4 amide bonds. The Bertz CT molecular complexity index is 1970. The van der Waals surface area contributed by atoms with E-state index >= 15 is 0 Å². The van der Waals surface area contributed by atoms with Gasteiger partial charge in [0.1, 0.15) is 23.7 Å². The fourth-order valence-electron chi connectivity index (χ4n) is 7.33. The van der Waals surface area contributed by atoms with Gasteiger partial charge in [0.15, 0.2) is 6.10 Å². The zero-order valence-electron chi connectivity index (χ0n) is 32.0. The number of aromatic amines is 2. The van der Waals surface area contributed by atoms with E-state index < -0.39 is 36.5 Å². The number of alkyl carbamates (subject to hydrolysis) is 2. The number of amides is 4. The van der Waals surface area contributed by atoms with Crippen LogP contribution in [-0.4, -0.2) is 104 Å². The lowest BCUT2D eigenvalue weighted by Gasteiger charge is -2.30. The first-order chi connectivity index (χ1) is 26.4. The summed E-state index contributed by atoms with van der Waals surface area (Å²) in [7, 11) is 2.72. The van der Waals surface area contributed by atoms with Gasteiger partial charge < -0.3 is 45.0 Å². The SMILES string of the molecule is CNC(=O)O[C@H](C(=O)N1CCC(O)[C@H]1c1ncc(-c2ccc(-c3ccc(-c4cnc([C@@H]5CCCN5C(=O)[C@@H](NC(=O)OC)C(C)C)[nH]4)cc3)cc2)[nH]1)C(C)C. The second kappa shape index (κ2) is 16.8. The molecular weight excluding hydrogens is 704 g/mol. The van der Waals surface area contributed by atoms with Crippen LogP contribution in [0.2, 0.25) is 0 Å². The van der Waals surface area contributed by atoms with E-state index in [1.165, 1.54) is 19.1 Å². The number of carbonyl (C=O) groups excluding carboxylic acids is 4. The van der Waals surface area contributed by atoms with E-state index in [0.717, 1.165) is 46.5 Å². The quantitative estimate of drug-likeness (QED) is 0.137. The molecule has 5 atom stereocenters. The van der Waals surface area contributed by atoms with Gasteiger partial charge in [-0.2, -0.15) is 0 Å². The summed E-state index contributed by atoms with van der Waals surface area (Å²) < 4.78 is 10.1. The Morgan fingerprint density at radius 1 is 0.764 bits per heavy atom. The van der Waals surface area contributed by atoms with E-state index in [-0.39, 0.29) is 29.7 Å². The number of nitrogens with one attached hydrogen (secondary N) is 4. The van der Waals surface area contributed by atoms with Crippen molar-refractivity contribution in [2.75, 3.05) is 27.2 Å². The van der Waals surface area contributed by atoms with Crippen LogP contribution in [0.3, 0.4) is 0 Å². The zero-order chi connectivity index (χ0) is 39.4. The van der Waals surface area contributed by atoms with Gasteiger partial charge in [-0.15, -0.1) is 0 Å². The van der Waals surface area contributed by atoms with Crippen molar-refractivity contribution in [2.24, 2.45) is 11.8 Å². The Morgan fingerprint density at radius 3 is 1.87 bits per heavy atom. The maximum absolute atomic E-state index is 13.5. The number of nitrogens with zero attached hydrogens (tertiary/aromatic N) is 4. The number of carbonyl (C=O) groups is 4. The van der Waals surface area contributed by atoms with Crippen molar-refractivity contribution >= 4 is 24.0 Å². The molecule has 2 aliphatic rings. The molecule has 4 heterocycles. The summed E-state index contributed by atoms with van der Waals surface area (Å²) in [6.07, 6.45) is 2.31. The van der Waals surface area contributed by atoms with Gasteiger partial charge in [-0.25, -0.2) is 19.6 Å². The molecule has 5 N–H and O–H groups in total. The third-order valence-electron chi connectivity index (χ3n) is 10.4. The van der Waals surface area contributed by atoms with Crippen molar-refractivity contribution in [3.8, 4) is 33.6 Å². The second-order valence-corrected chi connectivity index (χ2v) is 14.7. The summed E-state index contributed by atoms with van der Waals surface area (Å²) in [4.78, 5) is 70.2. The van der Waals surface area contributed by atoms with Crippen molar-refractivity contribution in [1.29, 1.82) is 0 Å². The third kappa shape index (κ3) is 8.36. The molecule has 15 heteroatoms. The van der Waals surface area contributed by atoms with Gasteiger partial charge in [0, 0.05) is 20.1 Å². The predicted molar refractivity (Wildman–Crippen MR) is 204 cm³/mol. The van der Waals surface area contributed by atoms with E-state index in [1.807, 2.05) is 62.4 Å². The molecule has 4 aromatic rings. The molecular formula is C40H50N8O7. The summed E-state index contributed by atoms with van der Waals surface area (Å²) in [5.41, 5.74) is 5.45. The van der Waals surface area contributed by atoms with Crippen LogP contribution < -0.4 is 10.6 Å². The molecule has 292 valence electrons. The van der Waals surface area contributed by atoms with Gasteiger partial charge >= 0.3 is 12.2 Å². The number of hydrogen-bond acceptors (Lipinski definition) is 9. The smallest absolute Gasteiger partial charge is 0.407 e. The van der Waals surface area contributed by atoms with Crippen molar-refractivity contribution in [1.82, 2.24) is 40.4 Å². The third-order valence-corrected chi connectivity index (χ3v) is 10.4. The number of methoxy groups -OCH3 is 1. The average Bonchev–Trinajstić information content (AvgIpc) is 4.02. The van der Waals surface area contributed by atoms with Gasteiger partial charge in [0.05, 0.1) is 43.0 Å². The van der Waals surface area contributed by atoms with Crippen LogP contribution in [0.1, 0.15) is 70.7 Å². The molecule has 0 spiro atoms. The van der Waals surface area contributed by atoms with Crippen LogP contribution in [0.4, 0.5) is 9.59 Å². The van der Waals surface area contributed by atoms with Crippen LogP contribution in [0, 0.1) is 11.8 Å². The maximum atomic E-state index is 13.5. The summed E-state index contributed by atoms with van der Waals surface area (Å²) in [5.74, 6) is 0.260. The minimum atomic E-state index is -0.997. The predicted octanol–water partition coefficient (Wildman–Crippen LogP) is 5.19. The van der Waals surface area contributed by atoms with Gasteiger partial charge in [-0.05, 0) is 53.4 Å². The first-order valence-electron chi connectivity index (χ1n) is 18.7. The lowest BCUT2D eigenvalue weighted by molar-refractivity contribution is -0.144. The molecule has 1 unspecified atom stereocenters. The van der Waals surface area contributed by atoms with Crippen molar-refractivity contribution < 1.29 is 33.8 Å². The maximum Gasteiger partial charge on any atom is 0.407 e. The van der Waals surface area contributed by atoms with Crippen LogP contribution in [0.5, 0.6) is 0 Å². The normalized spacial score (nSPS) is 19.4. The minimum Gasteiger partial charge on any atom is -0.453 e. The lowest BCUT2D eigenvalue weighted by atomic mass is 10.0. The Kier molecular flexibility index (Phi) is 11.9. The number of aliphatic hydroxyl groups excluding tert-OH is 1. The molecule has 2 saturated heterocycles. The molecule has 0 aliphatic carbocycles. The number of imidazole rings is 2. The second-order valence-electron chi connectivity index (χ2n) is 14.7. The largest absolute Gasteiger partial charge is 0.453 e. The van der Waals surface area contributed by atoms with E-state index in [1.54, 1.807) is 31.1 Å². The Morgan fingerprint density at radius 2 is 1.33 bits per heavy atom. The fraction of sp³-hybridized carbons (Fsp3) is 0.450. The number of benzene rings is 2. The Balaban J connectivity index is 1.12. The van der Waals surface area contributed by atoms with Gasteiger partial charge in [0.2, 0.25) is 5.91 Å². The van der Waals surface area contributed by atoms with E-state index in [2.05, 4.69) is 30.6 Å². The number of rotatable bonds is 11. The molecule has 6 rings (SSSR count). The highest BCUT2D eigenvalue weighted by atomic mass is 16.6. The number of aliphatic hydroxyl groups is 1. The highest BCUT2D eigenvalue weighted by Crippen LogP contribution is 2.35. The number of ether oxygens (including phenoxy) is 2. The molecule has 0 radical (unpaired) electrons. The van der Waals surface area contributed by atoms with Crippen LogP contribution in [-0.2, 0) is 19.1 Å². The average molecular weight is 755 g/mol. The molecule has 2 fully saturated rings. The van der Waals surface area contributed by atoms with Gasteiger partial charge in [-0.1, -0.05) is 76.2 Å². The lowest BCUT2D eigenvalue weighted by Crippen LogP contribution is -2.51. The number of likely N-dealkylation sites (tertiary alicyclic amines) is 2. The van der Waals surface area contributed by atoms with Crippen LogP contribution in [0.25, 0.3) is 33.6 Å². The van der Waals surface area contributed by atoms with E-state index in [4.69, 9.17) is 9.47 Å². The first kappa shape index (κ1) is 39.0. The summed E-state index contributed by atoms with van der Waals surface area (Å²) in [6.45, 7) is 8.29. The number of aromatic nitrogens is 4. The van der Waals surface area contributed by atoms with Crippen molar-refractivity contribution in [3.05, 3.63) is 72.6 Å². The Hall–Kier alpha value is -5.70. The molecule has 0 bridgehead atoms. The minimum absolute atomic E-state index is 0.114. The van der Waals surface area contributed by atoms with E-state index in [9.17, 15) is 24.3 Å². The number of hydrogen-bond donors (Lipinski definition) is 5. The summed E-state index contributed by atoms with van der Waals surface area (Å²) in [5, 5.41) is 16.0. The van der Waals surface area contributed by atoms with Gasteiger partial charge in [-0.3, -0.25) is 9.59 Å². The van der Waals surface area contributed by atoms with Crippen LogP contribution >= 0.6 is 0 Å². The summed E-state index contributed by atoms with van der Waals surface area (Å²) in [6, 6.07) is 14.5. The van der Waals surface area contributed by atoms with E-state index in [0.29, 0.717) is 31.2 Å². The van der Waals surface area contributed by atoms with Crippen LogP contribution in [0.15, 0.2) is 60.9 Å². The fourth-order valence-corrected chi connectivity index (χ4v) is 7.33. The number of H-pyrrole nitrogens is 2. The highest BCUT2D eigenvalue weighted by Gasteiger charge is 2.43. The molecule has 2 aromatic carbocycles. The standard InChI is InChI=1S/C40H50N8O7/c1-22(2)32(46-40(53)54-6)37(50)47-18-7-8-30(47)35-42-20-28(44-35)26-13-9-24(10-14-26)25-11-15-27(16-12-25)29-21-43-36(45-29)33-31(49)17-19-48(33)38(51)34(23(3)4)55-39(52)41-5/h9-16,20-23,30-34,49H,7-8,17-19H2,1-6H3,(H,41,52)(H,42,44)(H,43,45)(H,46,53)/t30-,31?,32-,33-,34-/m0/s1. The Labute approximate surface area is 320 Å². The topological polar surface area (TPSA) is 195 Å². The van der Waals surface area contributed by atoms with Crippen molar-refractivity contribution in [3.63, 3.8) is 0 Å². The summed E-state index contributed by atoms with van der Waals surface area (Å²) >= 11 is 0. The van der Waals surface area contributed by atoms with Crippen molar-refractivity contribution in [2.45, 2.75) is 77.3 Å². The highest BCUT2D eigenvalue weighted by molar-refractivity contribution is 5.86. The molecule has 15 nitrogen and oxygen atoms in total. The molecule has 55 heavy (non-hydrogen) atoms. The zero-order valence-corrected chi connectivity index (χ0v) is 32.0. The molecule has 2 aliphatic heterocycles. The first-order valence-corrected chi connectivity index (χ1v) is 18.7. The molecule has 0 saturated carbocycles. The van der Waals surface area contributed by atoms with Gasteiger partial charge in [0.25, 0.3) is 5.91 Å². The molecule has 2 aromatic heterocycles. The monoisotopic (exact) mass is 754 g/mol.